The van der Waals surface area contributed by atoms with Gasteiger partial charge in [-0.25, -0.2) is 17.9 Å². The summed E-state index contributed by atoms with van der Waals surface area (Å²) in [5, 5.41) is 14.8. The van der Waals surface area contributed by atoms with Crippen LogP contribution in [0, 0.1) is 0 Å². The molecule has 1 unspecified atom stereocenters. The normalized spacial score (nSPS) is 12.3. The molecule has 0 saturated carbocycles. The highest BCUT2D eigenvalue weighted by atomic mass is 32.2. The summed E-state index contributed by atoms with van der Waals surface area (Å²) in [6.45, 7) is 3.63. The first-order valence-corrected chi connectivity index (χ1v) is 10.5. The van der Waals surface area contributed by atoms with Crippen molar-refractivity contribution >= 4 is 15.9 Å². The maximum atomic E-state index is 11.7. The van der Waals surface area contributed by atoms with Crippen LogP contribution in [0.4, 0.5) is 4.79 Å². The van der Waals surface area contributed by atoms with Gasteiger partial charge in [0, 0.05) is 23.6 Å². The van der Waals surface area contributed by atoms with Gasteiger partial charge in [0.1, 0.15) is 5.69 Å². The second-order valence-electron chi connectivity index (χ2n) is 6.37. The molecule has 29 heavy (non-hydrogen) atoms. The third-order valence-corrected chi connectivity index (χ3v) is 5.46. The molecule has 150 valence electrons. The maximum absolute atomic E-state index is 11.7. The number of sulfone groups is 1. The van der Waals surface area contributed by atoms with E-state index in [-0.39, 0.29) is 4.90 Å². The van der Waals surface area contributed by atoms with Gasteiger partial charge in [0.25, 0.3) is 0 Å². The molecule has 1 heterocycles. The Bertz CT molecular complexity index is 1140. The van der Waals surface area contributed by atoms with Gasteiger partial charge in [-0.3, -0.25) is 5.21 Å². The topological polar surface area (TPSA) is 119 Å². The molecule has 9 heteroatoms. The first-order valence-electron chi connectivity index (χ1n) is 8.57. The number of carbonyl (C=O) groups excluding carboxylic acids is 1. The van der Waals surface area contributed by atoms with E-state index < -0.39 is 22.0 Å². The van der Waals surface area contributed by atoms with Gasteiger partial charge in [0.2, 0.25) is 0 Å². The number of aromatic nitrogens is 2. The largest absolute Gasteiger partial charge is 0.350 e. The summed E-state index contributed by atoms with van der Waals surface area (Å²) in [6.07, 6.45) is 3.09. The monoisotopic (exact) mass is 412 g/mol. The molecule has 3 N–H and O–H groups in total. The minimum atomic E-state index is -3.32. The Labute approximate surface area is 168 Å². The Morgan fingerprint density at radius 1 is 1.17 bits per heavy atom. The first kappa shape index (κ1) is 20.3. The van der Waals surface area contributed by atoms with E-state index >= 15 is 0 Å². The van der Waals surface area contributed by atoms with Crippen molar-refractivity contribution < 1.29 is 18.4 Å². The zero-order valence-electron chi connectivity index (χ0n) is 15.6. The average Bonchev–Trinajstić information content (AvgIpc) is 3.13. The van der Waals surface area contributed by atoms with Crippen molar-refractivity contribution in [2.75, 3.05) is 6.26 Å². The number of primary amides is 1. The highest BCUT2D eigenvalue weighted by Crippen LogP contribution is 2.33. The fourth-order valence-electron chi connectivity index (χ4n) is 2.88. The SMILES string of the molecule is C=CC(N(O)C(N)=O)n1cc(-c2ccc(S(C)(=O)=O)cc2)c(-c2ccccc2)n1. The number of hydrogen-bond acceptors (Lipinski definition) is 5. The Balaban J connectivity index is 2.16. The Kier molecular flexibility index (Phi) is 5.53. The van der Waals surface area contributed by atoms with Gasteiger partial charge in [-0.2, -0.15) is 10.2 Å². The molecule has 1 aromatic heterocycles. The number of carbonyl (C=O) groups is 1. The van der Waals surface area contributed by atoms with Gasteiger partial charge in [-0.15, -0.1) is 0 Å². The first-order chi connectivity index (χ1) is 13.7. The highest BCUT2D eigenvalue weighted by molar-refractivity contribution is 7.90. The number of nitrogens with zero attached hydrogens (tertiary/aromatic N) is 3. The standard InChI is InChI=1S/C20H20N4O4S/c1-3-18(24(26)20(21)25)23-13-17(19(22-23)15-7-5-4-6-8-15)14-9-11-16(12-10-14)29(2,27)28/h3-13,18,26H,1H2,2H3,(H2,21,25). The van der Waals surface area contributed by atoms with Crippen molar-refractivity contribution in [3.05, 3.63) is 73.4 Å². The lowest BCUT2D eigenvalue weighted by Gasteiger charge is -2.21. The minimum Gasteiger partial charge on any atom is -0.350 e. The molecule has 0 bridgehead atoms. The molecule has 1 atom stereocenters. The molecule has 3 rings (SSSR count). The van der Waals surface area contributed by atoms with Gasteiger partial charge < -0.3 is 5.73 Å². The lowest BCUT2D eigenvalue weighted by atomic mass is 10.0. The zero-order valence-corrected chi connectivity index (χ0v) is 16.5. The Hall–Kier alpha value is -3.43. The predicted molar refractivity (Wildman–Crippen MR) is 109 cm³/mol. The number of benzene rings is 2. The van der Waals surface area contributed by atoms with E-state index in [1.165, 1.54) is 22.9 Å². The second kappa shape index (κ2) is 7.90. The quantitative estimate of drug-likeness (QED) is 0.366. The number of urea groups is 1. The molecular weight excluding hydrogens is 392 g/mol. The average molecular weight is 412 g/mol. The zero-order chi connectivity index (χ0) is 21.2. The molecule has 2 aromatic carbocycles. The summed E-state index contributed by atoms with van der Waals surface area (Å²) in [4.78, 5) is 11.6. The molecule has 0 aliphatic heterocycles. The third kappa shape index (κ3) is 4.20. The highest BCUT2D eigenvalue weighted by Gasteiger charge is 2.23. The molecule has 0 spiro atoms. The smallest absolute Gasteiger partial charge is 0.340 e. The molecule has 0 aliphatic carbocycles. The lowest BCUT2D eigenvalue weighted by Crippen LogP contribution is -2.38. The molecule has 0 radical (unpaired) electrons. The van der Waals surface area contributed by atoms with Crippen molar-refractivity contribution in [1.82, 2.24) is 14.8 Å². The summed E-state index contributed by atoms with van der Waals surface area (Å²) >= 11 is 0. The Morgan fingerprint density at radius 2 is 1.79 bits per heavy atom. The van der Waals surface area contributed by atoms with E-state index in [0.717, 1.165) is 11.8 Å². The fourth-order valence-corrected chi connectivity index (χ4v) is 3.51. The van der Waals surface area contributed by atoms with E-state index in [0.29, 0.717) is 21.9 Å². The number of nitrogens with two attached hydrogens (primary N) is 1. The van der Waals surface area contributed by atoms with Gasteiger partial charge >= 0.3 is 6.03 Å². The summed E-state index contributed by atoms with van der Waals surface area (Å²) in [6, 6.07) is 14.7. The number of hydrogen-bond donors (Lipinski definition) is 2. The summed E-state index contributed by atoms with van der Waals surface area (Å²) in [7, 11) is -3.32. The maximum Gasteiger partial charge on any atom is 0.340 e. The van der Waals surface area contributed by atoms with Crippen molar-refractivity contribution in [3.63, 3.8) is 0 Å². The van der Waals surface area contributed by atoms with Crippen LogP contribution in [0.5, 0.6) is 0 Å². The van der Waals surface area contributed by atoms with Crippen LogP contribution < -0.4 is 5.73 Å². The van der Waals surface area contributed by atoms with Gasteiger partial charge in [0.05, 0.1) is 4.90 Å². The van der Waals surface area contributed by atoms with Crippen LogP contribution >= 0.6 is 0 Å². The number of rotatable bonds is 6. The van der Waals surface area contributed by atoms with Crippen LogP contribution in [0.1, 0.15) is 6.17 Å². The van der Waals surface area contributed by atoms with Crippen LogP contribution in [-0.4, -0.2) is 40.8 Å². The van der Waals surface area contributed by atoms with E-state index in [9.17, 15) is 18.4 Å². The minimum absolute atomic E-state index is 0.203. The van der Waals surface area contributed by atoms with Crippen molar-refractivity contribution in [2.24, 2.45) is 5.73 Å². The van der Waals surface area contributed by atoms with Crippen molar-refractivity contribution in [2.45, 2.75) is 11.1 Å². The molecule has 0 saturated heterocycles. The third-order valence-electron chi connectivity index (χ3n) is 4.33. The van der Waals surface area contributed by atoms with Gasteiger partial charge in [-0.1, -0.05) is 49.0 Å². The molecule has 0 fully saturated rings. The molecular formula is C20H20N4O4S. The molecule has 0 aliphatic rings. The second-order valence-corrected chi connectivity index (χ2v) is 8.38. The molecule has 8 nitrogen and oxygen atoms in total. The Morgan fingerprint density at radius 3 is 2.31 bits per heavy atom. The lowest BCUT2D eigenvalue weighted by molar-refractivity contribution is -0.0860. The van der Waals surface area contributed by atoms with E-state index in [1.807, 2.05) is 30.3 Å². The molecule has 2 amide bonds. The van der Waals surface area contributed by atoms with Crippen LogP contribution in [0.3, 0.4) is 0 Å². The fraction of sp³-hybridized carbons (Fsp3) is 0.100. The van der Waals surface area contributed by atoms with Gasteiger partial charge in [-0.05, 0) is 23.8 Å². The van der Waals surface area contributed by atoms with E-state index in [1.54, 1.807) is 18.3 Å². The van der Waals surface area contributed by atoms with Crippen molar-refractivity contribution in [3.8, 4) is 22.4 Å². The predicted octanol–water partition coefficient (Wildman–Crippen LogP) is 3.08. The van der Waals surface area contributed by atoms with Gasteiger partial charge in [0.15, 0.2) is 16.0 Å². The summed E-state index contributed by atoms with van der Waals surface area (Å²) < 4.78 is 24.8. The van der Waals surface area contributed by atoms with E-state index in [2.05, 4.69) is 11.7 Å². The van der Waals surface area contributed by atoms with Crippen LogP contribution in [0.15, 0.2) is 78.3 Å². The molecule has 3 aromatic rings. The van der Waals surface area contributed by atoms with Crippen LogP contribution in [0.25, 0.3) is 22.4 Å². The summed E-state index contributed by atoms with van der Waals surface area (Å²) in [5.41, 5.74) is 7.95. The van der Waals surface area contributed by atoms with Crippen LogP contribution in [0.2, 0.25) is 0 Å². The van der Waals surface area contributed by atoms with Crippen molar-refractivity contribution in [1.29, 1.82) is 0 Å². The van der Waals surface area contributed by atoms with Crippen LogP contribution in [-0.2, 0) is 9.84 Å². The number of hydroxylamine groups is 2. The number of amides is 2. The summed E-state index contributed by atoms with van der Waals surface area (Å²) in [5.74, 6) is 0. The van der Waals surface area contributed by atoms with E-state index in [4.69, 9.17) is 5.73 Å².